The van der Waals surface area contributed by atoms with E-state index < -0.39 is 17.6 Å². The van der Waals surface area contributed by atoms with Gasteiger partial charge >= 0.3 is 6.09 Å². The highest BCUT2D eigenvalue weighted by Gasteiger charge is 2.37. The number of hydrogen-bond donors (Lipinski definition) is 4. The number of aromatic hydroxyl groups is 1. The highest BCUT2D eigenvalue weighted by Crippen LogP contribution is 2.42. The van der Waals surface area contributed by atoms with Crippen molar-refractivity contribution < 1.29 is 19.8 Å². The topological polar surface area (TPSA) is 121 Å². The first kappa shape index (κ1) is 18.8. The van der Waals surface area contributed by atoms with Crippen LogP contribution in [0.3, 0.4) is 0 Å². The number of nitrogens with one attached hydrogen (secondary N) is 2. The number of carbonyl (C=O) groups is 2. The molecule has 0 radical (unpaired) electrons. The second-order valence-electron chi connectivity index (χ2n) is 7.50. The van der Waals surface area contributed by atoms with Crippen molar-refractivity contribution in [3.63, 3.8) is 0 Å². The molecule has 0 spiro atoms. The molecule has 28 heavy (non-hydrogen) atoms. The number of nitrogens with zero attached hydrogens (tertiary/aromatic N) is 1. The minimum absolute atomic E-state index is 0.0621. The van der Waals surface area contributed by atoms with Crippen molar-refractivity contribution >= 4 is 44.5 Å². The fourth-order valence-corrected chi connectivity index (χ4v) is 4.10. The van der Waals surface area contributed by atoms with E-state index in [1.165, 1.54) is 0 Å². The molecule has 2 fully saturated rings. The summed E-state index contributed by atoms with van der Waals surface area (Å²) >= 11 is 3.47. The Kier molecular flexibility index (Phi) is 4.57. The van der Waals surface area contributed by atoms with Gasteiger partial charge in [0.25, 0.3) is 5.56 Å². The number of aromatic nitrogens is 1. The summed E-state index contributed by atoms with van der Waals surface area (Å²) in [6, 6.07) is 3.33. The van der Waals surface area contributed by atoms with Crippen LogP contribution in [0.4, 0.5) is 10.5 Å². The molecule has 2 aliphatic rings. The molecule has 1 aromatic heterocycles. The predicted molar refractivity (Wildman–Crippen MR) is 107 cm³/mol. The van der Waals surface area contributed by atoms with E-state index in [1.54, 1.807) is 16.7 Å². The van der Waals surface area contributed by atoms with Gasteiger partial charge in [0.2, 0.25) is 5.91 Å². The molecule has 2 aromatic rings. The maximum Gasteiger partial charge on any atom is 0.404 e. The minimum atomic E-state index is -1.12. The quantitative estimate of drug-likeness (QED) is 0.571. The second-order valence-corrected chi connectivity index (χ2v) is 8.36. The number of carboxylic acid groups (broad SMARTS) is 1. The van der Waals surface area contributed by atoms with Gasteiger partial charge in [0.1, 0.15) is 0 Å². The van der Waals surface area contributed by atoms with Gasteiger partial charge in [-0.3, -0.25) is 9.59 Å². The summed E-state index contributed by atoms with van der Waals surface area (Å²) in [5.41, 5.74) is 1.00. The predicted octanol–water partition coefficient (Wildman–Crippen LogP) is 3.10. The van der Waals surface area contributed by atoms with E-state index in [9.17, 15) is 19.5 Å². The Morgan fingerprint density at radius 2 is 1.93 bits per heavy atom. The zero-order valence-corrected chi connectivity index (χ0v) is 16.7. The van der Waals surface area contributed by atoms with Gasteiger partial charge in [-0.15, -0.1) is 0 Å². The van der Waals surface area contributed by atoms with Gasteiger partial charge in [0.15, 0.2) is 11.4 Å². The lowest BCUT2D eigenvalue weighted by Crippen LogP contribution is -2.47. The molecule has 0 atom stereocenters. The summed E-state index contributed by atoms with van der Waals surface area (Å²) in [5.74, 6) is -1.01. The number of pyridine rings is 1. The monoisotopic (exact) mass is 449 g/mol. The standard InChI is InChI=1S/C19H20BrN3O5/c1-8-13(20)5-4-12-15(8)23(11-2-3-11)18(26)14(16(12)24)22-17(25)9-6-10(7-9)21-19(27)28/h4-5,9-11,21,24H,2-3,6-7H2,1H3,(H,22,25)(H,27,28). The van der Waals surface area contributed by atoms with Crippen LogP contribution < -0.4 is 16.2 Å². The van der Waals surface area contributed by atoms with Crippen LogP contribution in [-0.4, -0.2) is 32.8 Å². The van der Waals surface area contributed by atoms with Gasteiger partial charge in [-0.05, 0) is 50.3 Å². The van der Waals surface area contributed by atoms with Crippen LogP contribution in [0, 0.1) is 12.8 Å². The summed E-state index contributed by atoms with van der Waals surface area (Å²) in [7, 11) is 0. The third kappa shape index (κ3) is 3.13. The highest BCUT2D eigenvalue weighted by molar-refractivity contribution is 9.10. The number of anilines is 1. The van der Waals surface area contributed by atoms with E-state index in [-0.39, 0.29) is 29.4 Å². The molecule has 148 valence electrons. The SMILES string of the molecule is Cc1c(Br)ccc2c(O)c(NC(=O)C3CC(NC(=O)O)C3)c(=O)n(C3CC3)c12. The van der Waals surface area contributed by atoms with Crippen LogP contribution in [0.25, 0.3) is 10.9 Å². The van der Waals surface area contributed by atoms with Crippen LogP contribution in [0.15, 0.2) is 21.4 Å². The summed E-state index contributed by atoms with van der Waals surface area (Å²) in [6.07, 6.45) is 1.38. The summed E-state index contributed by atoms with van der Waals surface area (Å²) < 4.78 is 2.51. The number of halogens is 1. The number of benzene rings is 1. The van der Waals surface area contributed by atoms with Crippen molar-refractivity contribution in [2.45, 2.75) is 44.7 Å². The minimum Gasteiger partial charge on any atom is -0.505 e. The van der Waals surface area contributed by atoms with E-state index in [4.69, 9.17) is 5.11 Å². The van der Waals surface area contributed by atoms with Gasteiger partial charge in [0.05, 0.1) is 5.52 Å². The molecule has 4 N–H and O–H groups in total. The van der Waals surface area contributed by atoms with Crippen molar-refractivity contribution in [2.75, 3.05) is 5.32 Å². The normalized spacial score (nSPS) is 21.2. The number of hydrogen-bond acceptors (Lipinski definition) is 4. The smallest absolute Gasteiger partial charge is 0.404 e. The lowest BCUT2D eigenvalue weighted by molar-refractivity contribution is -0.122. The maximum atomic E-state index is 13.1. The first-order valence-corrected chi connectivity index (χ1v) is 9.93. The van der Waals surface area contributed by atoms with Crippen molar-refractivity contribution in [3.05, 3.63) is 32.5 Å². The summed E-state index contributed by atoms with van der Waals surface area (Å²) in [6.45, 7) is 1.88. The second kappa shape index (κ2) is 6.80. The van der Waals surface area contributed by atoms with Crippen molar-refractivity contribution in [3.8, 4) is 5.75 Å². The lowest BCUT2D eigenvalue weighted by atomic mass is 9.79. The Morgan fingerprint density at radius 1 is 1.25 bits per heavy atom. The first-order valence-electron chi connectivity index (χ1n) is 9.14. The molecule has 0 saturated heterocycles. The van der Waals surface area contributed by atoms with E-state index in [2.05, 4.69) is 26.6 Å². The number of amides is 2. The maximum absolute atomic E-state index is 13.1. The van der Waals surface area contributed by atoms with Gasteiger partial charge in [0, 0.05) is 27.9 Å². The molecule has 0 unspecified atom stereocenters. The van der Waals surface area contributed by atoms with Gasteiger partial charge in [-0.1, -0.05) is 15.9 Å². The lowest BCUT2D eigenvalue weighted by Gasteiger charge is -2.33. The third-order valence-corrected chi connectivity index (χ3v) is 6.39. The average molecular weight is 450 g/mol. The highest BCUT2D eigenvalue weighted by atomic mass is 79.9. The molecule has 2 amide bonds. The molecule has 8 nitrogen and oxygen atoms in total. The molecule has 2 aliphatic carbocycles. The molecule has 4 rings (SSSR count). The Morgan fingerprint density at radius 3 is 2.54 bits per heavy atom. The van der Waals surface area contributed by atoms with Crippen LogP contribution in [0.5, 0.6) is 5.75 Å². The van der Waals surface area contributed by atoms with E-state index >= 15 is 0 Å². The molecule has 0 aliphatic heterocycles. The number of aryl methyl sites for hydroxylation is 1. The number of rotatable bonds is 4. The van der Waals surface area contributed by atoms with Crippen molar-refractivity contribution in [2.24, 2.45) is 5.92 Å². The Bertz CT molecular complexity index is 1050. The van der Waals surface area contributed by atoms with Crippen LogP contribution in [-0.2, 0) is 4.79 Å². The first-order chi connectivity index (χ1) is 13.3. The fourth-order valence-electron chi connectivity index (χ4n) is 3.78. The van der Waals surface area contributed by atoms with Gasteiger partial charge in [-0.2, -0.15) is 0 Å². The molecule has 2 saturated carbocycles. The van der Waals surface area contributed by atoms with Crippen LogP contribution in [0.1, 0.15) is 37.3 Å². The van der Waals surface area contributed by atoms with Crippen LogP contribution >= 0.6 is 15.9 Å². The molecule has 0 bridgehead atoms. The van der Waals surface area contributed by atoms with Gasteiger partial charge < -0.3 is 25.4 Å². The number of carbonyl (C=O) groups excluding carboxylic acids is 1. The average Bonchev–Trinajstić information content (AvgIpc) is 3.42. The molecule has 1 heterocycles. The van der Waals surface area contributed by atoms with Crippen molar-refractivity contribution in [1.82, 2.24) is 9.88 Å². The number of fused-ring (bicyclic) bond motifs is 1. The molecule has 1 aromatic carbocycles. The Labute approximate surface area is 168 Å². The Hall–Kier alpha value is -2.55. The Balaban J connectivity index is 1.69. The third-order valence-electron chi connectivity index (χ3n) is 5.53. The van der Waals surface area contributed by atoms with E-state index in [1.807, 2.05) is 6.92 Å². The fraction of sp³-hybridized carbons (Fsp3) is 0.421. The zero-order valence-electron chi connectivity index (χ0n) is 15.2. The molecule has 9 heteroatoms. The summed E-state index contributed by atoms with van der Waals surface area (Å²) in [4.78, 5) is 36.3. The largest absolute Gasteiger partial charge is 0.505 e. The molecular formula is C19H20BrN3O5. The van der Waals surface area contributed by atoms with E-state index in [0.717, 1.165) is 22.9 Å². The van der Waals surface area contributed by atoms with Gasteiger partial charge in [-0.25, -0.2) is 4.79 Å². The molecular weight excluding hydrogens is 430 g/mol. The zero-order chi connectivity index (χ0) is 20.2. The van der Waals surface area contributed by atoms with Crippen LogP contribution in [0.2, 0.25) is 0 Å². The summed E-state index contributed by atoms with van der Waals surface area (Å²) in [5, 5.41) is 24.9. The van der Waals surface area contributed by atoms with Crippen molar-refractivity contribution in [1.29, 1.82) is 0 Å². The van der Waals surface area contributed by atoms with E-state index in [0.29, 0.717) is 23.7 Å².